The molecule has 10 nitrogen and oxygen atoms in total. The van der Waals surface area contributed by atoms with Crippen LogP contribution in [0.4, 0.5) is 22.0 Å². The van der Waals surface area contributed by atoms with E-state index < -0.39 is 30.1 Å². The summed E-state index contributed by atoms with van der Waals surface area (Å²) in [6.07, 6.45) is 0.000771. The summed E-state index contributed by atoms with van der Waals surface area (Å²) >= 11 is 0. The number of hydrogen-bond donors (Lipinski definition) is 1. The number of pyridine rings is 1. The average Bonchev–Trinajstić information content (AvgIpc) is 3.22. The Balaban J connectivity index is 1.50. The predicted molar refractivity (Wildman–Crippen MR) is 119 cm³/mol. The number of alkyl halides is 5. The third-order valence-corrected chi connectivity index (χ3v) is 6.44. The molecule has 4 aromatic rings. The molecule has 38 heavy (non-hydrogen) atoms. The zero-order chi connectivity index (χ0) is 27.2. The number of nitrogens with zero attached hydrogens (tertiary/aromatic N) is 7. The number of nitriles is 1. The van der Waals surface area contributed by atoms with E-state index in [0.29, 0.717) is 30.1 Å². The molecule has 196 valence electrons. The van der Waals surface area contributed by atoms with Crippen LogP contribution < -0.4 is 10.3 Å². The maximum absolute atomic E-state index is 13.0. The molecule has 0 amide bonds. The maximum atomic E-state index is 13.0. The maximum Gasteiger partial charge on any atom is 0.433 e. The quantitative estimate of drug-likeness (QED) is 0.367. The monoisotopic (exact) mass is 532 g/mol. The minimum absolute atomic E-state index is 0.0522. The fourth-order valence-corrected chi connectivity index (χ4v) is 4.37. The van der Waals surface area contributed by atoms with Crippen molar-refractivity contribution in [2.24, 2.45) is 0 Å². The predicted octanol–water partition coefficient (Wildman–Crippen LogP) is 4.07. The largest absolute Gasteiger partial charge is 0.433 e. The summed E-state index contributed by atoms with van der Waals surface area (Å²) in [6.45, 7) is -1.38. The molecule has 0 bridgehead atoms. The molecule has 0 saturated heterocycles. The first kappa shape index (κ1) is 25.2. The van der Waals surface area contributed by atoms with Crippen LogP contribution in [-0.4, -0.2) is 41.3 Å². The van der Waals surface area contributed by atoms with Gasteiger partial charge >= 0.3 is 12.8 Å². The Hall–Kier alpha value is -4.48. The van der Waals surface area contributed by atoms with Crippen molar-refractivity contribution in [1.82, 2.24) is 34.7 Å². The number of fused-ring (bicyclic) bond motifs is 1. The number of halogens is 5. The molecule has 15 heteroatoms. The van der Waals surface area contributed by atoms with Gasteiger partial charge in [0.1, 0.15) is 28.8 Å². The van der Waals surface area contributed by atoms with Crippen molar-refractivity contribution in [3.05, 3.63) is 69.7 Å². The molecule has 1 aliphatic rings. The molecule has 3 atom stereocenters. The fraction of sp³-hybridized carbons (Fsp3) is 0.348. The molecule has 5 rings (SSSR count). The second-order valence-corrected chi connectivity index (χ2v) is 8.65. The third kappa shape index (κ3) is 4.53. The lowest BCUT2D eigenvalue weighted by atomic mass is 9.72. The van der Waals surface area contributed by atoms with E-state index in [2.05, 4.69) is 34.8 Å². The second-order valence-electron chi connectivity index (χ2n) is 8.65. The van der Waals surface area contributed by atoms with Gasteiger partial charge in [-0.2, -0.15) is 32.3 Å². The van der Waals surface area contributed by atoms with Crippen molar-refractivity contribution in [3.8, 4) is 11.8 Å². The van der Waals surface area contributed by atoms with Gasteiger partial charge in [0.2, 0.25) is 0 Å². The van der Waals surface area contributed by atoms with Crippen LogP contribution >= 0.6 is 0 Å². The molecule has 4 heterocycles. The van der Waals surface area contributed by atoms with Crippen molar-refractivity contribution in [1.29, 1.82) is 5.26 Å². The lowest BCUT2D eigenvalue weighted by Gasteiger charge is -2.34. The molecular formula is C23H17F5N8O2. The summed E-state index contributed by atoms with van der Waals surface area (Å²) in [5.41, 5.74) is -1.40. The van der Waals surface area contributed by atoms with E-state index in [1.54, 1.807) is 6.92 Å². The first-order chi connectivity index (χ1) is 18.1. The Kier molecular flexibility index (Phi) is 6.25. The normalized spacial score (nSPS) is 18.3. The molecule has 1 fully saturated rings. The number of aromatic nitrogens is 7. The Morgan fingerprint density at radius 3 is 2.39 bits per heavy atom. The van der Waals surface area contributed by atoms with Crippen molar-refractivity contribution in [2.75, 3.05) is 0 Å². The zero-order valence-electron chi connectivity index (χ0n) is 19.4. The summed E-state index contributed by atoms with van der Waals surface area (Å²) in [4.78, 5) is 31.9. The van der Waals surface area contributed by atoms with E-state index in [9.17, 15) is 32.0 Å². The highest BCUT2D eigenvalue weighted by Crippen LogP contribution is 2.47. The first-order valence-corrected chi connectivity index (χ1v) is 11.3. The molecule has 0 aliphatic heterocycles. The van der Waals surface area contributed by atoms with Crippen molar-refractivity contribution in [3.63, 3.8) is 0 Å². The average molecular weight is 532 g/mol. The smallest absolute Gasteiger partial charge is 0.432 e. The van der Waals surface area contributed by atoms with E-state index in [1.807, 2.05) is 6.07 Å². The molecule has 0 spiro atoms. The van der Waals surface area contributed by atoms with Crippen LogP contribution in [0.2, 0.25) is 0 Å². The van der Waals surface area contributed by atoms with Gasteiger partial charge in [0, 0.05) is 18.0 Å². The van der Waals surface area contributed by atoms with Gasteiger partial charge in [-0.15, -0.1) is 0 Å². The van der Waals surface area contributed by atoms with Gasteiger partial charge < -0.3 is 9.72 Å². The fourth-order valence-electron chi connectivity index (χ4n) is 4.37. The highest BCUT2D eigenvalue weighted by molar-refractivity contribution is 5.80. The highest BCUT2D eigenvalue weighted by atomic mass is 19.4. The van der Waals surface area contributed by atoms with Crippen LogP contribution in [0.25, 0.3) is 11.0 Å². The van der Waals surface area contributed by atoms with Gasteiger partial charge in [0.25, 0.3) is 5.56 Å². The molecular weight excluding hydrogens is 515 g/mol. The van der Waals surface area contributed by atoms with Gasteiger partial charge in [-0.3, -0.25) is 9.78 Å². The summed E-state index contributed by atoms with van der Waals surface area (Å²) in [6, 6.07) is 3.23. The Morgan fingerprint density at radius 2 is 1.84 bits per heavy atom. The molecule has 1 unspecified atom stereocenters. The third-order valence-electron chi connectivity index (χ3n) is 6.44. The number of aromatic amines is 1. The van der Waals surface area contributed by atoms with Crippen molar-refractivity contribution in [2.45, 2.75) is 50.4 Å². The standard InChI is InChI=1S/C23H17F5N8O2/c1-10(11-2-5-16(30-7-11)23(26,27)28)36-20-17(15(6-29)35-36)21(37)34-19(33-20)14-4-3-13(14)18-31-8-12(9-32-18)38-22(24)25/h2,5,7-10,13-14,22H,3-4H2,1H3,(H,33,34,37)/t10?,13-,14-/m0/s1. The lowest BCUT2D eigenvalue weighted by Crippen LogP contribution is -2.28. The van der Waals surface area contributed by atoms with E-state index in [4.69, 9.17) is 0 Å². The van der Waals surface area contributed by atoms with Crippen molar-refractivity contribution >= 4 is 11.0 Å². The summed E-state index contributed by atoms with van der Waals surface area (Å²) in [5, 5.41) is 13.7. The van der Waals surface area contributed by atoms with Crippen molar-refractivity contribution < 1.29 is 26.7 Å². The first-order valence-electron chi connectivity index (χ1n) is 11.3. The van der Waals surface area contributed by atoms with Gasteiger partial charge in [-0.25, -0.2) is 19.6 Å². The molecule has 1 N–H and O–H groups in total. The van der Waals surface area contributed by atoms with E-state index in [0.717, 1.165) is 24.7 Å². The van der Waals surface area contributed by atoms with Gasteiger partial charge in [0.15, 0.2) is 17.1 Å². The second kappa shape index (κ2) is 9.43. The van der Waals surface area contributed by atoms with E-state index in [1.165, 1.54) is 10.7 Å². The number of H-pyrrole nitrogens is 1. The number of nitrogens with one attached hydrogen (secondary N) is 1. The SMILES string of the molecule is CC(c1ccc(C(F)(F)F)nc1)n1nc(C#N)c2c(=O)[nH]c([C@H]3CC[C@@H]3c3ncc(OC(F)F)cn3)nc21. The molecule has 0 radical (unpaired) electrons. The van der Waals surface area contributed by atoms with Crippen LogP contribution in [0.3, 0.4) is 0 Å². The van der Waals surface area contributed by atoms with Crippen LogP contribution in [0.15, 0.2) is 35.5 Å². The van der Waals surface area contributed by atoms with Crippen LogP contribution in [-0.2, 0) is 6.18 Å². The Morgan fingerprint density at radius 1 is 1.13 bits per heavy atom. The minimum atomic E-state index is -4.60. The molecule has 0 aromatic carbocycles. The number of rotatable bonds is 6. The van der Waals surface area contributed by atoms with Gasteiger partial charge in [-0.05, 0) is 31.4 Å². The number of ether oxygens (including phenoxy) is 1. The van der Waals surface area contributed by atoms with E-state index >= 15 is 0 Å². The van der Waals surface area contributed by atoms with Crippen LogP contribution in [0.5, 0.6) is 5.75 Å². The highest BCUT2D eigenvalue weighted by Gasteiger charge is 2.38. The van der Waals surface area contributed by atoms with Crippen LogP contribution in [0.1, 0.15) is 66.2 Å². The summed E-state index contributed by atoms with van der Waals surface area (Å²) < 4.78 is 69.1. The minimum Gasteiger partial charge on any atom is -0.432 e. The molecule has 1 saturated carbocycles. The molecule has 1 aliphatic carbocycles. The molecule has 4 aromatic heterocycles. The van der Waals surface area contributed by atoms with Gasteiger partial charge in [-0.1, -0.05) is 6.07 Å². The zero-order valence-corrected chi connectivity index (χ0v) is 19.4. The van der Waals surface area contributed by atoms with Gasteiger partial charge in [0.05, 0.1) is 18.4 Å². The van der Waals surface area contributed by atoms with Crippen LogP contribution in [0, 0.1) is 11.3 Å². The number of hydrogen-bond acceptors (Lipinski definition) is 8. The summed E-state index contributed by atoms with van der Waals surface area (Å²) in [5.74, 6) is -0.114. The Labute approximate surface area is 210 Å². The summed E-state index contributed by atoms with van der Waals surface area (Å²) in [7, 11) is 0. The topological polar surface area (TPSA) is 135 Å². The van der Waals surface area contributed by atoms with E-state index in [-0.39, 0.29) is 34.3 Å². The Bertz CT molecular complexity index is 1580. The lowest BCUT2D eigenvalue weighted by molar-refractivity contribution is -0.141.